The van der Waals surface area contributed by atoms with Crippen molar-refractivity contribution in [2.24, 2.45) is 0 Å². The number of carboxylic acid groups (broad SMARTS) is 1. The number of likely N-dealkylation sites (tertiary alicyclic amines) is 1. The maximum Gasteiger partial charge on any atom is 0.325 e. The number of carbonyl (C=O) groups excluding carboxylic acids is 2. The summed E-state index contributed by atoms with van der Waals surface area (Å²) >= 11 is 0. The van der Waals surface area contributed by atoms with Crippen molar-refractivity contribution in [3.05, 3.63) is 30.3 Å². The highest BCUT2D eigenvalue weighted by molar-refractivity contribution is 6.01. The fourth-order valence-corrected chi connectivity index (χ4v) is 3.13. The number of carboxylic acids is 1. The number of imide groups is 1. The van der Waals surface area contributed by atoms with E-state index in [0.29, 0.717) is 12.2 Å². The first kappa shape index (κ1) is 22.9. The van der Waals surface area contributed by atoms with Crippen LogP contribution in [0.15, 0.2) is 30.3 Å². The summed E-state index contributed by atoms with van der Waals surface area (Å²) in [6, 6.07) is 8.57. The second kappa shape index (κ2) is 11.5. The van der Waals surface area contributed by atoms with Crippen LogP contribution < -0.4 is 10.6 Å². The molecule has 2 rings (SSSR count). The maximum atomic E-state index is 12.1. The van der Waals surface area contributed by atoms with Gasteiger partial charge in [0, 0.05) is 18.3 Å². The van der Waals surface area contributed by atoms with E-state index < -0.39 is 12.0 Å². The maximum absolute atomic E-state index is 12.1. The number of hydrogen-bond donors (Lipinski definition) is 3. The molecular formula is C18H27ClN4O4. The van der Waals surface area contributed by atoms with Crippen molar-refractivity contribution in [1.29, 1.82) is 0 Å². The summed E-state index contributed by atoms with van der Waals surface area (Å²) in [6.45, 7) is 1.62. The average molecular weight is 399 g/mol. The number of urea groups is 1. The minimum atomic E-state index is -0.836. The first-order valence-corrected chi connectivity index (χ1v) is 8.74. The lowest BCUT2D eigenvalue weighted by Gasteiger charge is -2.25. The number of nitrogens with one attached hydrogen (secondary N) is 2. The summed E-state index contributed by atoms with van der Waals surface area (Å²) in [7, 11) is 1.81. The van der Waals surface area contributed by atoms with Crippen LogP contribution in [0.4, 0.5) is 10.5 Å². The lowest BCUT2D eigenvalue weighted by Crippen LogP contribution is -2.42. The number of nitrogens with zero attached hydrogens (tertiary/aromatic N) is 2. The fourth-order valence-electron chi connectivity index (χ4n) is 3.13. The van der Waals surface area contributed by atoms with Gasteiger partial charge in [0.25, 0.3) is 0 Å². The van der Waals surface area contributed by atoms with Gasteiger partial charge in [0.05, 0.1) is 13.1 Å². The molecule has 0 radical (unpaired) electrons. The molecule has 27 heavy (non-hydrogen) atoms. The van der Waals surface area contributed by atoms with Crippen LogP contribution in [0.2, 0.25) is 0 Å². The Kier molecular flexibility index (Phi) is 9.77. The summed E-state index contributed by atoms with van der Waals surface area (Å²) in [4.78, 5) is 38.6. The number of carbonyl (C=O) groups is 3. The number of amides is 3. The lowest BCUT2D eigenvalue weighted by atomic mass is 10.1. The molecule has 150 valence electrons. The topological polar surface area (TPSA) is 102 Å². The van der Waals surface area contributed by atoms with E-state index in [9.17, 15) is 14.4 Å². The van der Waals surface area contributed by atoms with Crippen LogP contribution in [-0.2, 0) is 9.59 Å². The molecule has 3 N–H and O–H groups in total. The number of benzene rings is 1. The highest BCUT2D eigenvalue weighted by atomic mass is 35.5. The number of hydrogen-bond acceptors (Lipinski definition) is 5. The summed E-state index contributed by atoms with van der Waals surface area (Å²) < 4.78 is 0. The standard InChI is InChI=1S/C18H26N4O4.ClH/c1-21(13-17(24)25)15-8-5-10-22(11-9-15)12-16(23)20-18(26)19-14-6-3-2-4-7-14;/h2-4,6-7,15H,5,8-13H2,1H3,(H,24,25)(H2,19,20,23,26);1H. The number of likely N-dealkylation sites (N-methyl/N-ethyl adjacent to an activating group) is 1. The highest BCUT2D eigenvalue weighted by Crippen LogP contribution is 2.15. The molecule has 1 aromatic rings. The molecule has 1 aromatic carbocycles. The molecule has 1 aliphatic heterocycles. The van der Waals surface area contributed by atoms with Crippen LogP contribution in [0.5, 0.6) is 0 Å². The van der Waals surface area contributed by atoms with Crippen LogP contribution in [0.25, 0.3) is 0 Å². The predicted octanol–water partition coefficient (Wildman–Crippen LogP) is 1.63. The van der Waals surface area contributed by atoms with E-state index in [4.69, 9.17) is 5.11 Å². The molecule has 1 heterocycles. The second-order valence-corrected chi connectivity index (χ2v) is 6.54. The van der Waals surface area contributed by atoms with Crippen molar-refractivity contribution < 1.29 is 19.5 Å². The Bertz CT molecular complexity index is 629. The molecule has 3 amide bonds. The van der Waals surface area contributed by atoms with Gasteiger partial charge in [-0.25, -0.2) is 4.79 Å². The molecule has 1 fully saturated rings. The van der Waals surface area contributed by atoms with Crippen molar-refractivity contribution in [1.82, 2.24) is 15.1 Å². The van der Waals surface area contributed by atoms with E-state index in [2.05, 4.69) is 10.6 Å². The van der Waals surface area contributed by atoms with Gasteiger partial charge in [0.2, 0.25) is 5.91 Å². The molecule has 8 nitrogen and oxygen atoms in total. The van der Waals surface area contributed by atoms with Gasteiger partial charge >= 0.3 is 12.0 Å². The van der Waals surface area contributed by atoms with Crippen LogP contribution in [-0.4, -0.2) is 72.1 Å². The van der Waals surface area contributed by atoms with E-state index in [1.807, 2.05) is 22.9 Å². The fraction of sp³-hybridized carbons (Fsp3) is 0.500. The van der Waals surface area contributed by atoms with Crippen LogP contribution in [0.1, 0.15) is 19.3 Å². The Labute approximate surface area is 165 Å². The third kappa shape index (κ3) is 8.38. The first-order valence-electron chi connectivity index (χ1n) is 8.74. The van der Waals surface area contributed by atoms with Gasteiger partial charge in [-0.15, -0.1) is 12.4 Å². The smallest absolute Gasteiger partial charge is 0.325 e. The van der Waals surface area contributed by atoms with Gasteiger partial charge in [-0.2, -0.15) is 0 Å². The predicted molar refractivity (Wildman–Crippen MR) is 105 cm³/mol. The van der Waals surface area contributed by atoms with Crippen LogP contribution in [0.3, 0.4) is 0 Å². The van der Waals surface area contributed by atoms with Gasteiger partial charge in [0.1, 0.15) is 0 Å². The van der Waals surface area contributed by atoms with E-state index in [1.165, 1.54) is 0 Å². The van der Waals surface area contributed by atoms with E-state index in [0.717, 1.165) is 25.8 Å². The quantitative estimate of drug-likeness (QED) is 0.673. The number of rotatable bonds is 6. The zero-order chi connectivity index (χ0) is 18.9. The third-order valence-corrected chi connectivity index (χ3v) is 4.45. The molecule has 9 heteroatoms. The van der Waals surface area contributed by atoms with Gasteiger partial charge in [-0.05, 0) is 45.0 Å². The summed E-state index contributed by atoms with van der Waals surface area (Å²) in [5.74, 6) is -1.19. The molecule has 0 spiro atoms. The van der Waals surface area contributed by atoms with Crippen LogP contribution in [0, 0.1) is 0 Å². The average Bonchev–Trinajstić information content (AvgIpc) is 2.80. The van der Waals surface area contributed by atoms with Gasteiger partial charge < -0.3 is 10.4 Å². The molecule has 1 atom stereocenters. The molecular weight excluding hydrogens is 372 g/mol. The Hall–Kier alpha value is -2.16. The molecule has 0 aliphatic carbocycles. The largest absolute Gasteiger partial charge is 0.480 e. The molecule has 1 saturated heterocycles. The number of para-hydroxylation sites is 1. The Balaban J connectivity index is 0.00000364. The van der Waals surface area contributed by atoms with Gasteiger partial charge in [0.15, 0.2) is 0 Å². The van der Waals surface area contributed by atoms with Crippen molar-refractivity contribution in [3.8, 4) is 0 Å². The van der Waals surface area contributed by atoms with Crippen molar-refractivity contribution in [3.63, 3.8) is 0 Å². The first-order chi connectivity index (χ1) is 12.4. The van der Waals surface area contributed by atoms with E-state index in [1.54, 1.807) is 24.3 Å². The molecule has 0 bridgehead atoms. The third-order valence-electron chi connectivity index (χ3n) is 4.45. The highest BCUT2D eigenvalue weighted by Gasteiger charge is 2.23. The lowest BCUT2D eigenvalue weighted by molar-refractivity contribution is -0.138. The van der Waals surface area contributed by atoms with Crippen molar-refractivity contribution in [2.75, 3.05) is 38.5 Å². The summed E-state index contributed by atoms with van der Waals surface area (Å²) in [5.41, 5.74) is 0.622. The number of halogens is 1. The Morgan fingerprint density at radius 3 is 2.56 bits per heavy atom. The zero-order valence-electron chi connectivity index (χ0n) is 15.4. The monoisotopic (exact) mass is 398 g/mol. The van der Waals surface area contributed by atoms with Crippen molar-refractivity contribution >= 4 is 36.0 Å². The van der Waals surface area contributed by atoms with Gasteiger partial charge in [-0.3, -0.25) is 24.7 Å². The second-order valence-electron chi connectivity index (χ2n) is 6.54. The zero-order valence-corrected chi connectivity index (χ0v) is 16.2. The Morgan fingerprint density at radius 2 is 1.89 bits per heavy atom. The minimum Gasteiger partial charge on any atom is -0.480 e. The van der Waals surface area contributed by atoms with Crippen LogP contribution >= 0.6 is 12.4 Å². The number of anilines is 1. The Morgan fingerprint density at radius 1 is 1.19 bits per heavy atom. The van der Waals surface area contributed by atoms with E-state index >= 15 is 0 Å². The molecule has 1 unspecified atom stereocenters. The summed E-state index contributed by atoms with van der Waals surface area (Å²) in [5, 5.41) is 13.9. The molecule has 0 aromatic heterocycles. The van der Waals surface area contributed by atoms with Crippen molar-refractivity contribution in [2.45, 2.75) is 25.3 Å². The molecule has 1 aliphatic rings. The molecule has 0 saturated carbocycles. The van der Waals surface area contributed by atoms with E-state index in [-0.39, 0.29) is 37.4 Å². The summed E-state index contributed by atoms with van der Waals surface area (Å²) in [6.07, 6.45) is 2.59. The SMILES string of the molecule is CN(CC(=O)O)C1CCCN(CC(=O)NC(=O)Nc2ccccc2)CC1.Cl. The normalized spacial score (nSPS) is 17.5. The van der Waals surface area contributed by atoms with Gasteiger partial charge in [-0.1, -0.05) is 18.2 Å². The number of aliphatic carboxylic acids is 1. The minimum absolute atomic E-state index is 0.